The van der Waals surface area contributed by atoms with Gasteiger partial charge in [0.25, 0.3) is 5.91 Å². The Hall–Kier alpha value is -2.94. The summed E-state index contributed by atoms with van der Waals surface area (Å²) in [6, 6.07) is 23.8. The van der Waals surface area contributed by atoms with E-state index in [1.807, 2.05) is 54.3 Å². The van der Waals surface area contributed by atoms with Crippen LogP contribution in [0.5, 0.6) is 0 Å². The van der Waals surface area contributed by atoms with E-state index in [4.69, 9.17) is 5.41 Å². The Morgan fingerprint density at radius 2 is 1.68 bits per heavy atom. The number of nitrogens with zero attached hydrogens (tertiary/aromatic N) is 1. The fourth-order valence-electron chi connectivity index (χ4n) is 3.01. The van der Waals surface area contributed by atoms with Crippen LogP contribution >= 0.6 is 0 Å². The second-order valence-corrected chi connectivity index (χ2v) is 6.27. The SMILES string of the molecule is C[C@@H](CC=N)N(Cc1ccc2ccccc2c1)C(=O)c1ccccc1. The number of nitrogens with one attached hydrogen (secondary N) is 1. The summed E-state index contributed by atoms with van der Waals surface area (Å²) in [6.07, 6.45) is 1.92. The zero-order valence-electron chi connectivity index (χ0n) is 14.4. The number of fused-ring (bicyclic) bond motifs is 1. The summed E-state index contributed by atoms with van der Waals surface area (Å²) < 4.78 is 0. The lowest BCUT2D eigenvalue weighted by Crippen LogP contribution is -2.38. The smallest absolute Gasteiger partial charge is 0.254 e. The van der Waals surface area contributed by atoms with E-state index in [1.165, 1.54) is 17.0 Å². The Kier molecular flexibility index (Phi) is 5.24. The second-order valence-electron chi connectivity index (χ2n) is 6.27. The van der Waals surface area contributed by atoms with E-state index in [2.05, 4.69) is 30.3 Å². The lowest BCUT2D eigenvalue weighted by molar-refractivity contribution is 0.0682. The second kappa shape index (κ2) is 7.75. The summed E-state index contributed by atoms with van der Waals surface area (Å²) in [4.78, 5) is 14.8. The molecule has 0 saturated heterocycles. The molecule has 1 amide bonds. The molecule has 0 aromatic heterocycles. The van der Waals surface area contributed by atoms with Crippen molar-refractivity contribution in [1.29, 1.82) is 5.41 Å². The van der Waals surface area contributed by atoms with Gasteiger partial charge in [0.05, 0.1) is 0 Å². The molecule has 0 heterocycles. The van der Waals surface area contributed by atoms with E-state index in [1.54, 1.807) is 0 Å². The minimum Gasteiger partial charge on any atom is -0.331 e. The molecule has 0 aliphatic heterocycles. The molecule has 3 aromatic carbocycles. The van der Waals surface area contributed by atoms with Crippen molar-refractivity contribution < 1.29 is 4.79 Å². The number of hydrogen-bond donors (Lipinski definition) is 1. The third kappa shape index (κ3) is 3.94. The van der Waals surface area contributed by atoms with Gasteiger partial charge in [-0.2, -0.15) is 0 Å². The van der Waals surface area contributed by atoms with E-state index < -0.39 is 0 Å². The van der Waals surface area contributed by atoms with Gasteiger partial charge in [-0.25, -0.2) is 0 Å². The first-order valence-corrected chi connectivity index (χ1v) is 8.51. The molecule has 1 N–H and O–H groups in total. The van der Waals surface area contributed by atoms with E-state index in [-0.39, 0.29) is 11.9 Å². The molecule has 0 radical (unpaired) electrons. The molecule has 0 bridgehead atoms. The third-order valence-corrected chi connectivity index (χ3v) is 4.44. The lowest BCUT2D eigenvalue weighted by Gasteiger charge is -2.29. The Balaban J connectivity index is 1.90. The molecular weight excluding hydrogens is 308 g/mol. The predicted molar refractivity (Wildman–Crippen MR) is 103 cm³/mol. The Labute approximate surface area is 148 Å². The predicted octanol–water partition coefficient (Wildman–Crippen LogP) is 4.91. The highest BCUT2D eigenvalue weighted by Gasteiger charge is 2.21. The molecular formula is C22H22N2O. The summed E-state index contributed by atoms with van der Waals surface area (Å²) in [5.41, 5.74) is 1.78. The van der Waals surface area contributed by atoms with Crippen LogP contribution in [0.2, 0.25) is 0 Å². The molecule has 0 unspecified atom stereocenters. The van der Waals surface area contributed by atoms with Crippen molar-refractivity contribution in [2.45, 2.75) is 25.9 Å². The maximum absolute atomic E-state index is 13.0. The van der Waals surface area contributed by atoms with Crippen molar-refractivity contribution in [2.75, 3.05) is 0 Å². The van der Waals surface area contributed by atoms with Crippen LogP contribution in [0.3, 0.4) is 0 Å². The highest BCUT2D eigenvalue weighted by molar-refractivity contribution is 5.94. The maximum atomic E-state index is 13.0. The molecule has 0 aliphatic rings. The molecule has 1 atom stereocenters. The Bertz CT molecular complexity index is 873. The molecule has 3 rings (SSSR count). The molecule has 3 heteroatoms. The maximum Gasteiger partial charge on any atom is 0.254 e. The van der Waals surface area contributed by atoms with Crippen molar-refractivity contribution in [3.05, 3.63) is 83.9 Å². The van der Waals surface area contributed by atoms with E-state index in [9.17, 15) is 4.79 Å². The van der Waals surface area contributed by atoms with Crippen LogP contribution in [-0.2, 0) is 6.54 Å². The van der Waals surface area contributed by atoms with E-state index >= 15 is 0 Å². The highest BCUT2D eigenvalue weighted by Crippen LogP contribution is 2.19. The van der Waals surface area contributed by atoms with Gasteiger partial charge in [-0.3, -0.25) is 4.79 Å². The average molecular weight is 330 g/mol. The largest absolute Gasteiger partial charge is 0.331 e. The first-order chi connectivity index (χ1) is 12.2. The van der Waals surface area contributed by atoms with Crippen LogP contribution in [0.15, 0.2) is 72.8 Å². The van der Waals surface area contributed by atoms with Crippen LogP contribution in [0.1, 0.15) is 29.3 Å². The van der Waals surface area contributed by atoms with E-state index in [0.717, 1.165) is 5.56 Å². The normalized spacial score (nSPS) is 11.9. The molecule has 25 heavy (non-hydrogen) atoms. The molecule has 0 saturated carbocycles. The van der Waals surface area contributed by atoms with Crippen LogP contribution in [0.25, 0.3) is 10.8 Å². The summed E-state index contributed by atoms with van der Waals surface area (Å²) in [5, 5.41) is 9.76. The fourth-order valence-corrected chi connectivity index (χ4v) is 3.01. The summed E-state index contributed by atoms with van der Waals surface area (Å²) >= 11 is 0. The minimum atomic E-state index is -0.0309. The Morgan fingerprint density at radius 3 is 2.40 bits per heavy atom. The third-order valence-electron chi connectivity index (χ3n) is 4.44. The standard InChI is InChI=1S/C22H22N2O/c1-17(13-14-23)24(22(25)20-8-3-2-4-9-20)16-18-11-12-19-7-5-6-10-21(19)15-18/h2-12,14-15,17,23H,13,16H2,1H3/t17-/m0/s1. The summed E-state index contributed by atoms with van der Waals surface area (Å²) in [5.74, 6) is 0.00288. The average Bonchev–Trinajstić information content (AvgIpc) is 2.66. The lowest BCUT2D eigenvalue weighted by atomic mass is 10.0. The van der Waals surface area contributed by atoms with Crippen molar-refractivity contribution in [3.8, 4) is 0 Å². The van der Waals surface area contributed by atoms with Gasteiger partial charge >= 0.3 is 0 Å². The number of rotatable bonds is 6. The molecule has 3 nitrogen and oxygen atoms in total. The monoisotopic (exact) mass is 330 g/mol. The molecule has 126 valence electrons. The molecule has 0 fully saturated rings. The van der Waals surface area contributed by atoms with Crippen LogP contribution in [-0.4, -0.2) is 23.1 Å². The van der Waals surface area contributed by atoms with Gasteiger partial charge in [0.15, 0.2) is 0 Å². The zero-order valence-corrected chi connectivity index (χ0v) is 14.4. The van der Waals surface area contributed by atoms with Gasteiger partial charge in [0, 0.05) is 24.6 Å². The zero-order chi connectivity index (χ0) is 17.6. The quantitative estimate of drug-likeness (QED) is 0.641. The van der Waals surface area contributed by atoms with Gasteiger partial charge in [-0.15, -0.1) is 0 Å². The topological polar surface area (TPSA) is 44.2 Å². The first kappa shape index (κ1) is 16.9. The first-order valence-electron chi connectivity index (χ1n) is 8.51. The highest BCUT2D eigenvalue weighted by atomic mass is 16.2. The molecule has 0 spiro atoms. The van der Waals surface area contributed by atoms with Crippen molar-refractivity contribution >= 4 is 22.9 Å². The molecule has 0 aliphatic carbocycles. The van der Waals surface area contributed by atoms with Gasteiger partial charge in [-0.05, 0) is 47.7 Å². The van der Waals surface area contributed by atoms with Crippen molar-refractivity contribution in [2.24, 2.45) is 0 Å². The number of carbonyl (C=O) groups is 1. The van der Waals surface area contributed by atoms with Gasteiger partial charge in [-0.1, -0.05) is 54.6 Å². The van der Waals surface area contributed by atoms with Crippen LogP contribution in [0, 0.1) is 5.41 Å². The molecule has 3 aromatic rings. The number of benzene rings is 3. The number of amides is 1. The van der Waals surface area contributed by atoms with Gasteiger partial charge < -0.3 is 10.3 Å². The van der Waals surface area contributed by atoms with Crippen LogP contribution < -0.4 is 0 Å². The van der Waals surface area contributed by atoms with Gasteiger partial charge in [0.2, 0.25) is 0 Å². The van der Waals surface area contributed by atoms with Crippen molar-refractivity contribution in [3.63, 3.8) is 0 Å². The Morgan fingerprint density at radius 1 is 1.00 bits per heavy atom. The number of carbonyl (C=O) groups excluding carboxylic acids is 1. The van der Waals surface area contributed by atoms with Crippen LogP contribution in [0.4, 0.5) is 0 Å². The summed E-state index contributed by atoms with van der Waals surface area (Å²) in [6.45, 7) is 2.53. The van der Waals surface area contributed by atoms with E-state index in [0.29, 0.717) is 18.5 Å². The minimum absolute atomic E-state index is 0.00288. The van der Waals surface area contributed by atoms with Crippen molar-refractivity contribution in [1.82, 2.24) is 4.90 Å². The summed E-state index contributed by atoms with van der Waals surface area (Å²) in [7, 11) is 0. The fraction of sp³-hybridized carbons (Fsp3) is 0.182. The number of hydrogen-bond acceptors (Lipinski definition) is 2. The van der Waals surface area contributed by atoms with Gasteiger partial charge in [0.1, 0.15) is 0 Å².